The van der Waals surface area contributed by atoms with Crippen molar-refractivity contribution in [3.8, 4) is 17.2 Å². The fourth-order valence-electron chi connectivity index (χ4n) is 8.53. The van der Waals surface area contributed by atoms with Crippen LogP contribution in [0.4, 0.5) is 0 Å². The molecule has 11 heteroatoms. The Bertz CT molecular complexity index is 1500. The van der Waals surface area contributed by atoms with Crippen molar-refractivity contribution >= 4 is 30.2 Å². The summed E-state index contributed by atoms with van der Waals surface area (Å²) in [6.45, 7) is 8.17. The van der Waals surface area contributed by atoms with Crippen molar-refractivity contribution in [2.45, 2.75) is 252 Å². The Balaban J connectivity index is 2.50. The molecule has 0 spiro atoms. The van der Waals surface area contributed by atoms with Crippen molar-refractivity contribution in [3.05, 3.63) is 42.0 Å². The topological polar surface area (TPSA) is 141 Å². The lowest BCUT2D eigenvalue weighted by atomic mass is 9.96. The third kappa shape index (κ3) is 37.3. The van der Waals surface area contributed by atoms with E-state index >= 15 is 0 Å². The molecule has 0 bridgehead atoms. The fourth-order valence-corrected chi connectivity index (χ4v) is 8.53. The normalized spacial score (nSPS) is 12.3. The molecule has 0 fully saturated rings. The Hall–Kier alpha value is -4.15. The van der Waals surface area contributed by atoms with Crippen LogP contribution in [-0.2, 0) is 33.4 Å². The van der Waals surface area contributed by atoms with Gasteiger partial charge in [-0.15, -0.1) is 0 Å². The molecular weight excluding hydrogens is 897 g/mol. The summed E-state index contributed by atoms with van der Waals surface area (Å²) in [5.41, 5.74) is 0.342. The first-order chi connectivity index (χ1) is 34.6. The highest BCUT2D eigenvalue weighted by atomic mass is 16.6. The number of hydrogen-bond acceptors (Lipinski definition) is 11. The number of esters is 4. The molecule has 0 heterocycles. The van der Waals surface area contributed by atoms with Gasteiger partial charge in [0.25, 0.3) is 0 Å². The third-order valence-corrected chi connectivity index (χ3v) is 13.0. The molecule has 406 valence electrons. The van der Waals surface area contributed by atoms with Crippen LogP contribution >= 0.6 is 0 Å². The smallest absolute Gasteiger partial charge is 0.311 e. The highest BCUT2D eigenvalue weighted by Gasteiger charge is 2.22. The van der Waals surface area contributed by atoms with Crippen LogP contribution < -0.4 is 14.2 Å². The predicted octanol–water partition coefficient (Wildman–Crippen LogP) is 16.1. The van der Waals surface area contributed by atoms with Gasteiger partial charge in [0.1, 0.15) is 19.5 Å². The SMILES string of the molecule is CCCCCCCC/C=C\CCCCCCCC(=O)OCC(COC(=O)CCCCCCC/C=C\CCCCCCCC)OC(=O)CC(C)CCCCC(C)CC(=O)Oc1c(OC)cc(C=O)cc1OC. The van der Waals surface area contributed by atoms with Crippen molar-refractivity contribution in [2.24, 2.45) is 11.8 Å². The van der Waals surface area contributed by atoms with Gasteiger partial charge in [0, 0.05) is 31.2 Å². The van der Waals surface area contributed by atoms with E-state index in [1.807, 2.05) is 13.8 Å². The molecule has 0 aromatic heterocycles. The molecule has 11 nitrogen and oxygen atoms in total. The lowest BCUT2D eigenvalue weighted by Crippen LogP contribution is -2.31. The van der Waals surface area contributed by atoms with E-state index in [1.54, 1.807) is 0 Å². The van der Waals surface area contributed by atoms with Crippen LogP contribution in [0.3, 0.4) is 0 Å². The molecule has 2 unspecified atom stereocenters. The quantitative estimate of drug-likeness (QED) is 0.0154. The first-order valence-electron chi connectivity index (χ1n) is 28.3. The summed E-state index contributed by atoms with van der Waals surface area (Å²) in [6.07, 6.45) is 43.9. The van der Waals surface area contributed by atoms with E-state index in [4.69, 9.17) is 28.4 Å². The van der Waals surface area contributed by atoms with Crippen molar-refractivity contribution < 1.29 is 52.4 Å². The van der Waals surface area contributed by atoms with Crippen molar-refractivity contribution in [3.63, 3.8) is 0 Å². The lowest BCUT2D eigenvalue weighted by molar-refractivity contribution is -0.167. The molecule has 71 heavy (non-hydrogen) atoms. The zero-order chi connectivity index (χ0) is 52.0. The van der Waals surface area contributed by atoms with E-state index in [2.05, 4.69) is 38.2 Å². The van der Waals surface area contributed by atoms with Crippen molar-refractivity contribution in [2.75, 3.05) is 27.4 Å². The third-order valence-electron chi connectivity index (χ3n) is 13.0. The second kappa shape index (κ2) is 45.7. The highest BCUT2D eigenvalue weighted by Crippen LogP contribution is 2.38. The Morgan fingerprint density at radius 3 is 1.23 bits per heavy atom. The number of hydrogen-bond donors (Lipinski definition) is 0. The van der Waals surface area contributed by atoms with Gasteiger partial charge < -0.3 is 28.4 Å². The van der Waals surface area contributed by atoms with E-state index in [0.717, 1.165) is 103 Å². The molecule has 1 rings (SSSR count). The van der Waals surface area contributed by atoms with Crippen molar-refractivity contribution in [1.82, 2.24) is 0 Å². The fraction of sp³-hybridized carbons (Fsp3) is 0.750. The van der Waals surface area contributed by atoms with Gasteiger partial charge in [-0.3, -0.25) is 24.0 Å². The van der Waals surface area contributed by atoms with Gasteiger partial charge in [-0.1, -0.05) is 180 Å². The van der Waals surface area contributed by atoms with Crippen LogP contribution in [0.2, 0.25) is 0 Å². The van der Waals surface area contributed by atoms with Gasteiger partial charge >= 0.3 is 23.9 Å². The zero-order valence-electron chi connectivity index (χ0n) is 45.7. The Morgan fingerprint density at radius 2 is 0.845 bits per heavy atom. The second-order valence-corrected chi connectivity index (χ2v) is 19.9. The molecule has 1 aromatic rings. The highest BCUT2D eigenvalue weighted by molar-refractivity contribution is 5.80. The molecular formula is C60H100O11. The van der Waals surface area contributed by atoms with Crippen LogP contribution in [0.25, 0.3) is 0 Å². The average molecular weight is 997 g/mol. The van der Waals surface area contributed by atoms with E-state index in [1.165, 1.54) is 116 Å². The number of carbonyl (C=O) groups excluding carboxylic acids is 5. The zero-order valence-corrected chi connectivity index (χ0v) is 45.7. The molecule has 2 atom stereocenters. The van der Waals surface area contributed by atoms with E-state index in [9.17, 15) is 24.0 Å². The second-order valence-electron chi connectivity index (χ2n) is 19.9. The minimum Gasteiger partial charge on any atom is -0.493 e. The number of methoxy groups -OCH3 is 2. The monoisotopic (exact) mass is 997 g/mol. The molecule has 0 radical (unpaired) electrons. The van der Waals surface area contributed by atoms with Crippen LogP contribution in [0.5, 0.6) is 17.2 Å². The van der Waals surface area contributed by atoms with Crippen LogP contribution in [0, 0.1) is 11.8 Å². The number of aldehydes is 1. The van der Waals surface area contributed by atoms with Crippen LogP contribution in [0.15, 0.2) is 36.4 Å². The summed E-state index contributed by atoms with van der Waals surface area (Å²) in [4.78, 5) is 62.7. The first kappa shape index (κ1) is 64.9. The van der Waals surface area contributed by atoms with E-state index < -0.39 is 18.0 Å². The molecule has 0 amide bonds. The lowest BCUT2D eigenvalue weighted by Gasteiger charge is -2.19. The summed E-state index contributed by atoms with van der Waals surface area (Å²) in [6, 6.07) is 2.98. The molecule has 0 aliphatic heterocycles. The summed E-state index contributed by atoms with van der Waals surface area (Å²) in [5, 5.41) is 0. The molecule has 0 N–H and O–H groups in total. The summed E-state index contributed by atoms with van der Waals surface area (Å²) in [5.74, 6) is -0.839. The number of carbonyl (C=O) groups is 5. The Morgan fingerprint density at radius 1 is 0.479 bits per heavy atom. The molecule has 0 aliphatic rings. The number of benzene rings is 1. The van der Waals surface area contributed by atoms with Gasteiger partial charge in [0.15, 0.2) is 17.6 Å². The largest absolute Gasteiger partial charge is 0.493 e. The summed E-state index contributed by atoms with van der Waals surface area (Å²) >= 11 is 0. The molecule has 0 saturated heterocycles. The average Bonchev–Trinajstić information content (AvgIpc) is 3.35. The maximum absolute atomic E-state index is 13.2. The van der Waals surface area contributed by atoms with Crippen LogP contribution in [-0.4, -0.2) is 63.7 Å². The number of rotatable bonds is 48. The van der Waals surface area contributed by atoms with Crippen molar-refractivity contribution in [1.29, 1.82) is 0 Å². The molecule has 0 saturated carbocycles. The van der Waals surface area contributed by atoms with Gasteiger partial charge in [0.05, 0.1) is 14.2 Å². The summed E-state index contributed by atoms with van der Waals surface area (Å²) in [7, 11) is 2.86. The van der Waals surface area contributed by atoms with E-state index in [-0.39, 0.29) is 67.1 Å². The number of ether oxygens (including phenoxy) is 6. The predicted molar refractivity (Wildman–Crippen MR) is 287 cm³/mol. The first-order valence-corrected chi connectivity index (χ1v) is 28.3. The Labute approximate surface area is 431 Å². The molecule has 1 aromatic carbocycles. The summed E-state index contributed by atoms with van der Waals surface area (Å²) < 4.78 is 33.2. The van der Waals surface area contributed by atoms with Gasteiger partial charge in [-0.2, -0.15) is 0 Å². The Kier molecular flexibility index (Phi) is 41.7. The maximum atomic E-state index is 13.2. The van der Waals surface area contributed by atoms with Gasteiger partial charge in [0.2, 0.25) is 5.75 Å². The minimum absolute atomic E-state index is 0.0324. The van der Waals surface area contributed by atoms with Gasteiger partial charge in [-0.25, -0.2) is 0 Å². The van der Waals surface area contributed by atoms with Crippen LogP contribution in [0.1, 0.15) is 256 Å². The molecule has 0 aliphatic carbocycles. The standard InChI is InChI=1S/C60H100O11/c1-7-9-11-13-15-17-19-21-23-25-27-29-31-33-35-41-56(62)68-48-53(49-69-57(63)42-36-34-32-30-28-26-24-22-20-18-16-14-12-10-8-2)70-58(64)43-50(3)39-37-38-40-51(4)44-59(65)71-60-54(66-5)45-52(47-61)46-55(60)67-6/h21-24,45-47,50-51,53H,7-20,25-44,48-49H2,1-6H3/b23-21-,24-22-. The van der Waals surface area contributed by atoms with Gasteiger partial charge in [-0.05, 0) is 88.2 Å². The minimum atomic E-state index is -0.880. The van der Waals surface area contributed by atoms with E-state index in [0.29, 0.717) is 24.7 Å². The maximum Gasteiger partial charge on any atom is 0.311 e. The number of allylic oxidation sites excluding steroid dienone is 4. The number of unbranched alkanes of at least 4 members (excludes halogenated alkanes) is 23.